The molecule has 2 aromatic rings. The smallest absolute Gasteiger partial charge is 0.224 e. The summed E-state index contributed by atoms with van der Waals surface area (Å²) in [5.41, 5.74) is 1.50. The molecule has 5 aliphatic carbocycles. The molecule has 0 radical (unpaired) electrons. The molecule has 1 heterocycles. The lowest BCUT2D eigenvalue weighted by Crippen LogP contribution is -2.60. The summed E-state index contributed by atoms with van der Waals surface area (Å²) in [6.45, 7) is 2.35. The number of rotatable bonds is 9. The van der Waals surface area contributed by atoms with Crippen molar-refractivity contribution in [1.29, 1.82) is 5.26 Å². The van der Waals surface area contributed by atoms with Crippen LogP contribution in [0.2, 0.25) is 0 Å². The van der Waals surface area contributed by atoms with Crippen LogP contribution in [0.4, 0.5) is 11.8 Å². The first kappa shape index (κ1) is 25.4. The fourth-order valence-corrected chi connectivity index (χ4v) is 8.18. The maximum absolute atomic E-state index is 10.0. The molecule has 4 bridgehead atoms. The highest BCUT2D eigenvalue weighted by molar-refractivity contribution is 5.53. The minimum absolute atomic E-state index is 0.0830. The maximum Gasteiger partial charge on any atom is 0.224 e. The number of nitrogens with zero attached hydrogens (tertiary/aromatic N) is 3. The molecule has 5 atom stereocenters. The summed E-state index contributed by atoms with van der Waals surface area (Å²) in [4.78, 5) is 8.95. The van der Waals surface area contributed by atoms with Gasteiger partial charge in [-0.1, -0.05) is 18.2 Å². The van der Waals surface area contributed by atoms with Crippen molar-refractivity contribution in [3.8, 4) is 11.8 Å². The zero-order valence-electron chi connectivity index (χ0n) is 22.1. The number of phenolic OH excluding ortho intramolecular Hbond substituents is 1. The molecule has 5 saturated carbocycles. The molecule has 5 N–H and O–H groups in total. The van der Waals surface area contributed by atoms with Gasteiger partial charge in [0.2, 0.25) is 5.95 Å². The van der Waals surface area contributed by atoms with Gasteiger partial charge in [0, 0.05) is 24.7 Å². The number of aromatic hydroxyl groups is 1. The van der Waals surface area contributed by atoms with E-state index < -0.39 is 0 Å². The normalized spacial score (nSPS) is 33.6. The summed E-state index contributed by atoms with van der Waals surface area (Å²) in [6, 6.07) is 10.1. The van der Waals surface area contributed by atoms with Crippen molar-refractivity contribution in [1.82, 2.24) is 15.3 Å². The van der Waals surface area contributed by atoms with E-state index in [0.717, 1.165) is 62.1 Å². The van der Waals surface area contributed by atoms with Gasteiger partial charge in [-0.2, -0.15) is 10.2 Å². The summed E-state index contributed by atoms with van der Waals surface area (Å²) >= 11 is 0. The first-order chi connectivity index (χ1) is 18.5. The Bertz CT molecular complexity index is 1160. The van der Waals surface area contributed by atoms with Crippen molar-refractivity contribution in [3.63, 3.8) is 0 Å². The second kappa shape index (κ2) is 10.7. The third kappa shape index (κ3) is 5.32. The van der Waals surface area contributed by atoms with Gasteiger partial charge in [0.1, 0.15) is 23.2 Å². The highest BCUT2D eigenvalue weighted by Gasteiger charge is 2.55. The standard InChI is InChI=1S/C30H40N6O2/c31-14-24-17-34-29(33-16-21-3-1-2-4-26(21)38)36-28(24)35-18-30-11-20-9-22(12-30)27(23(10-20)13-30)32-15-19-5-7-25(37)8-6-19/h1-4,17,19-20,22-23,25,27,32,37-38H,5-13,15-16,18H2,(H2,33,34,35,36)/t19-,20?,22-,23+,25+,27-,30-. The van der Waals surface area contributed by atoms with Crippen LogP contribution in [0, 0.1) is 40.4 Å². The van der Waals surface area contributed by atoms with Crippen molar-refractivity contribution >= 4 is 11.8 Å². The van der Waals surface area contributed by atoms with Crippen molar-refractivity contribution in [3.05, 3.63) is 41.6 Å². The van der Waals surface area contributed by atoms with Crippen LogP contribution in [0.5, 0.6) is 5.75 Å². The Morgan fingerprint density at radius 3 is 2.53 bits per heavy atom. The number of aliphatic hydroxyl groups is 1. The molecule has 38 heavy (non-hydrogen) atoms. The Hall–Kier alpha value is -2.89. The molecule has 8 nitrogen and oxygen atoms in total. The lowest BCUT2D eigenvalue weighted by molar-refractivity contribution is -0.0705. The van der Waals surface area contributed by atoms with Crippen LogP contribution in [0.15, 0.2) is 30.5 Å². The molecule has 1 unspecified atom stereocenters. The number of para-hydroxylation sites is 1. The molecule has 0 spiro atoms. The fourth-order valence-electron chi connectivity index (χ4n) is 8.18. The number of nitriles is 1. The van der Waals surface area contributed by atoms with E-state index in [9.17, 15) is 15.5 Å². The van der Waals surface area contributed by atoms with E-state index in [1.807, 2.05) is 12.1 Å². The minimum atomic E-state index is -0.0830. The van der Waals surface area contributed by atoms with E-state index in [1.165, 1.54) is 32.1 Å². The molecule has 5 aliphatic rings. The van der Waals surface area contributed by atoms with Crippen molar-refractivity contribution < 1.29 is 10.2 Å². The van der Waals surface area contributed by atoms with Gasteiger partial charge < -0.3 is 26.2 Å². The Morgan fingerprint density at radius 1 is 1.03 bits per heavy atom. The van der Waals surface area contributed by atoms with Crippen LogP contribution in [0.1, 0.15) is 68.9 Å². The number of hydrogen-bond donors (Lipinski definition) is 5. The monoisotopic (exact) mass is 516 g/mol. The maximum atomic E-state index is 10.0. The fraction of sp³-hybridized carbons (Fsp3) is 0.633. The molecule has 7 rings (SSSR count). The molecular formula is C30H40N6O2. The second-order valence-corrected chi connectivity index (χ2v) is 12.5. The number of aliphatic hydroxyl groups excluding tert-OH is 1. The second-order valence-electron chi connectivity index (χ2n) is 12.5. The number of aromatic nitrogens is 2. The van der Waals surface area contributed by atoms with E-state index in [1.54, 1.807) is 18.3 Å². The topological polar surface area (TPSA) is 126 Å². The average molecular weight is 517 g/mol. The van der Waals surface area contributed by atoms with Gasteiger partial charge in [-0.15, -0.1) is 0 Å². The first-order valence-corrected chi connectivity index (χ1v) is 14.4. The van der Waals surface area contributed by atoms with Gasteiger partial charge in [0.15, 0.2) is 0 Å². The number of hydrogen-bond acceptors (Lipinski definition) is 8. The number of phenols is 1. The van der Waals surface area contributed by atoms with Crippen LogP contribution in [-0.2, 0) is 6.54 Å². The van der Waals surface area contributed by atoms with E-state index in [-0.39, 0.29) is 17.3 Å². The average Bonchev–Trinajstić information content (AvgIpc) is 2.92. The van der Waals surface area contributed by atoms with Crippen LogP contribution in [0.3, 0.4) is 0 Å². The molecule has 0 aliphatic heterocycles. The number of anilines is 2. The zero-order valence-corrected chi connectivity index (χ0v) is 22.1. The Balaban J connectivity index is 1.08. The lowest BCUT2D eigenvalue weighted by atomic mass is 9.48. The first-order valence-electron chi connectivity index (χ1n) is 14.4. The Labute approximate surface area is 225 Å². The Morgan fingerprint density at radius 2 is 1.79 bits per heavy atom. The van der Waals surface area contributed by atoms with Crippen molar-refractivity contribution in [2.24, 2.45) is 29.1 Å². The molecule has 1 aromatic carbocycles. The van der Waals surface area contributed by atoms with E-state index in [4.69, 9.17) is 0 Å². The Kier molecular flexibility index (Phi) is 7.15. The summed E-state index contributed by atoms with van der Waals surface area (Å²) in [5.74, 6) is 4.25. The highest BCUT2D eigenvalue weighted by atomic mass is 16.3. The van der Waals surface area contributed by atoms with Gasteiger partial charge in [-0.3, -0.25) is 0 Å². The molecule has 202 valence electrons. The molecular weight excluding hydrogens is 476 g/mol. The van der Waals surface area contributed by atoms with E-state index in [0.29, 0.717) is 35.8 Å². The van der Waals surface area contributed by atoms with Crippen molar-refractivity contribution in [2.75, 3.05) is 23.7 Å². The largest absolute Gasteiger partial charge is 0.508 e. The number of benzene rings is 1. The van der Waals surface area contributed by atoms with Crippen LogP contribution >= 0.6 is 0 Å². The summed E-state index contributed by atoms with van der Waals surface area (Å²) < 4.78 is 0. The van der Waals surface area contributed by atoms with E-state index in [2.05, 4.69) is 32.0 Å². The van der Waals surface area contributed by atoms with Crippen molar-refractivity contribution in [2.45, 2.75) is 76.5 Å². The molecule has 8 heteroatoms. The number of nitrogens with one attached hydrogen (secondary N) is 3. The van der Waals surface area contributed by atoms with Gasteiger partial charge in [-0.05, 0) is 99.5 Å². The van der Waals surface area contributed by atoms with Gasteiger partial charge in [0.25, 0.3) is 0 Å². The quantitative estimate of drug-likeness (QED) is 0.332. The van der Waals surface area contributed by atoms with Gasteiger partial charge >= 0.3 is 0 Å². The molecule has 0 amide bonds. The molecule has 5 fully saturated rings. The molecule has 1 aromatic heterocycles. The third-order valence-electron chi connectivity index (χ3n) is 9.83. The summed E-state index contributed by atoms with van der Waals surface area (Å²) in [7, 11) is 0. The predicted molar refractivity (Wildman–Crippen MR) is 146 cm³/mol. The van der Waals surface area contributed by atoms with Gasteiger partial charge in [-0.25, -0.2) is 4.98 Å². The lowest BCUT2D eigenvalue weighted by Gasteiger charge is -2.60. The summed E-state index contributed by atoms with van der Waals surface area (Å²) in [5, 5.41) is 40.3. The van der Waals surface area contributed by atoms with Gasteiger partial charge in [0.05, 0.1) is 12.3 Å². The summed E-state index contributed by atoms with van der Waals surface area (Å²) in [6.07, 6.45) is 12.1. The minimum Gasteiger partial charge on any atom is -0.508 e. The van der Waals surface area contributed by atoms with Crippen LogP contribution < -0.4 is 16.0 Å². The van der Waals surface area contributed by atoms with Crippen LogP contribution in [-0.4, -0.2) is 45.4 Å². The highest BCUT2D eigenvalue weighted by Crippen LogP contribution is 2.60. The molecule has 0 saturated heterocycles. The van der Waals surface area contributed by atoms with Crippen LogP contribution in [0.25, 0.3) is 0 Å². The van der Waals surface area contributed by atoms with E-state index >= 15 is 0 Å². The zero-order chi connectivity index (χ0) is 26.1. The predicted octanol–water partition coefficient (Wildman–Crippen LogP) is 4.41. The SMILES string of the molecule is N#Cc1cnc(NCc2ccccc2O)nc1NC[C@]12CC3C[C@H](C1)[C@@H](NC[C@H]1CC[C@@H](O)CC1)[C@@H](C3)C2. The third-order valence-corrected chi connectivity index (χ3v) is 9.83.